The summed E-state index contributed by atoms with van der Waals surface area (Å²) in [5.74, 6) is 0.276. The minimum absolute atomic E-state index is 0.183. The van der Waals surface area contributed by atoms with Crippen molar-refractivity contribution in [1.82, 2.24) is 0 Å². The van der Waals surface area contributed by atoms with Crippen LogP contribution in [0.3, 0.4) is 0 Å². The minimum Gasteiger partial charge on any atom is -0.328 e. The van der Waals surface area contributed by atoms with Crippen LogP contribution >= 0.6 is 0 Å². The van der Waals surface area contributed by atoms with E-state index in [1.165, 1.54) is 51.2 Å². The molecule has 0 spiro atoms. The SMILES string of the molecule is CCCCCCCCCC(N)CCCS(C)(=O)=O. The largest absolute Gasteiger partial charge is 0.328 e. The Morgan fingerprint density at radius 3 is 1.94 bits per heavy atom. The van der Waals surface area contributed by atoms with Gasteiger partial charge in [-0.05, 0) is 19.3 Å². The van der Waals surface area contributed by atoms with E-state index in [-0.39, 0.29) is 11.8 Å². The van der Waals surface area contributed by atoms with Crippen LogP contribution < -0.4 is 5.73 Å². The minimum atomic E-state index is -2.81. The third kappa shape index (κ3) is 14.0. The van der Waals surface area contributed by atoms with E-state index in [9.17, 15) is 8.42 Å². The highest BCUT2D eigenvalue weighted by Crippen LogP contribution is 2.11. The van der Waals surface area contributed by atoms with Gasteiger partial charge in [-0.3, -0.25) is 0 Å². The fraction of sp³-hybridized carbons (Fsp3) is 1.00. The fourth-order valence-electron chi connectivity index (χ4n) is 2.12. The standard InChI is InChI=1S/C14H31NO2S/c1-3-4-5-6-7-8-9-11-14(15)12-10-13-18(2,16)17/h14H,3-13,15H2,1-2H3. The molecule has 2 N–H and O–H groups in total. The highest BCUT2D eigenvalue weighted by molar-refractivity contribution is 7.90. The van der Waals surface area contributed by atoms with Gasteiger partial charge >= 0.3 is 0 Å². The molecule has 0 aromatic rings. The maximum absolute atomic E-state index is 11.0. The molecule has 0 saturated heterocycles. The highest BCUT2D eigenvalue weighted by atomic mass is 32.2. The molecule has 0 radical (unpaired) electrons. The maximum Gasteiger partial charge on any atom is 0.147 e. The van der Waals surface area contributed by atoms with Gasteiger partial charge in [-0.2, -0.15) is 0 Å². The Morgan fingerprint density at radius 1 is 0.889 bits per heavy atom. The monoisotopic (exact) mass is 277 g/mol. The molecule has 3 nitrogen and oxygen atoms in total. The summed E-state index contributed by atoms with van der Waals surface area (Å²) >= 11 is 0. The lowest BCUT2D eigenvalue weighted by Crippen LogP contribution is -2.20. The Bertz CT molecular complexity index is 276. The smallest absolute Gasteiger partial charge is 0.147 e. The quantitative estimate of drug-likeness (QED) is 0.557. The van der Waals surface area contributed by atoms with Gasteiger partial charge in [0.25, 0.3) is 0 Å². The molecule has 0 aromatic heterocycles. The van der Waals surface area contributed by atoms with Gasteiger partial charge in [-0.25, -0.2) is 8.42 Å². The molecule has 0 aliphatic heterocycles. The molecule has 0 aliphatic carbocycles. The predicted octanol–water partition coefficient (Wildman–Crippen LogP) is 3.28. The molecule has 4 heteroatoms. The van der Waals surface area contributed by atoms with Crippen molar-refractivity contribution in [2.24, 2.45) is 5.73 Å². The van der Waals surface area contributed by atoms with E-state index in [2.05, 4.69) is 6.92 Å². The van der Waals surface area contributed by atoms with E-state index in [1.807, 2.05) is 0 Å². The van der Waals surface area contributed by atoms with Gasteiger partial charge in [-0.15, -0.1) is 0 Å². The second kappa shape index (κ2) is 10.8. The number of sulfone groups is 1. The van der Waals surface area contributed by atoms with Crippen molar-refractivity contribution in [3.05, 3.63) is 0 Å². The molecular weight excluding hydrogens is 246 g/mol. The van der Waals surface area contributed by atoms with E-state index in [1.54, 1.807) is 0 Å². The first-order chi connectivity index (χ1) is 8.45. The van der Waals surface area contributed by atoms with Gasteiger partial charge in [-0.1, -0.05) is 51.9 Å². The molecule has 18 heavy (non-hydrogen) atoms. The first-order valence-electron chi connectivity index (χ1n) is 7.39. The Morgan fingerprint density at radius 2 is 1.39 bits per heavy atom. The summed E-state index contributed by atoms with van der Waals surface area (Å²) < 4.78 is 21.9. The number of nitrogens with two attached hydrogens (primary N) is 1. The van der Waals surface area contributed by atoms with Gasteiger partial charge in [0.1, 0.15) is 9.84 Å². The third-order valence-corrected chi connectivity index (χ3v) is 4.30. The molecule has 0 amide bonds. The van der Waals surface area contributed by atoms with Crippen LogP contribution in [0.4, 0.5) is 0 Å². The predicted molar refractivity (Wildman–Crippen MR) is 79.5 cm³/mol. The summed E-state index contributed by atoms with van der Waals surface area (Å²) in [5.41, 5.74) is 5.97. The zero-order chi connectivity index (χ0) is 13.9. The van der Waals surface area contributed by atoms with Crippen molar-refractivity contribution in [2.75, 3.05) is 12.0 Å². The average Bonchev–Trinajstić information content (AvgIpc) is 2.26. The topological polar surface area (TPSA) is 60.2 Å². The van der Waals surface area contributed by atoms with Crippen LogP contribution in [0.25, 0.3) is 0 Å². The lowest BCUT2D eigenvalue weighted by atomic mass is 10.0. The van der Waals surface area contributed by atoms with E-state index in [0.29, 0.717) is 6.42 Å². The molecule has 0 bridgehead atoms. The molecule has 1 atom stereocenters. The van der Waals surface area contributed by atoms with Gasteiger partial charge in [0.15, 0.2) is 0 Å². The Labute approximate surface area is 113 Å². The first-order valence-corrected chi connectivity index (χ1v) is 9.45. The molecule has 0 saturated carbocycles. The van der Waals surface area contributed by atoms with Crippen molar-refractivity contribution in [3.63, 3.8) is 0 Å². The summed E-state index contributed by atoms with van der Waals surface area (Å²) in [7, 11) is -2.81. The zero-order valence-electron chi connectivity index (χ0n) is 12.2. The van der Waals surface area contributed by atoms with E-state index >= 15 is 0 Å². The fourth-order valence-corrected chi connectivity index (χ4v) is 2.81. The van der Waals surface area contributed by atoms with Crippen LogP contribution in [-0.4, -0.2) is 26.5 Å². The van der Waals surface area contributed by atoms with Gasteiger partial charge in [0.2, 0.25) is 0 Å². The third-order valence-electron chi connectivity index (χ3n) is 3.27. The summed E-state index contributed by atoms with van der Waals surface area (Å²) in [5, 5.41) is 0. The van der Waals surface area contributed by atoms with Crippen molar-refractivity contribution < 1.29 is 8.42 Å². The Hall–Kier alpha value is -0.0900. The summed E-state index contributed by atoms with van der Waals surface area (Å²) in [6.45, 7) is 2.23. The van der Waals surface area contributed by atoms with Crippen LogP contribution in [-0.2, 0) is 9.84 Å². The number of rotatable bonds is 12. The van der Waals surface area contributed by atoms with Crippen molar-refractivity contribution in [2.45, 2.75) is 77.2 Å². The van der Waals surface area contributed by atoms with E-state index < -0.39 is 9.84 Å². The molecule has 0 aromatic carbocycles. The van der Waals surface area contributed by atoms with Crippen LogP contribution in [0.5, 0.6) is 0 Å². The lowest BCUT2D eigenvalue weighted by molar-refractivity contribution is 0.505. The summed E-state index contributed by atoms with van der Waals surface area (Å²) in [6, 6.07) is 0.183. The molecule has 0 rings (SSSR count). The van der Waals surface area contributed by atoms with E-state index in [0.717, 1.165) is 12.8 Å². The Balaban J connectivity index is 3.29. The van der Waals surface area contributed by atoms with Crippen LogP contribution in [0, 0.1) is 0 Å². The lowest BCUT2D eigenvalue weighted by Gasteiger charge is -2.10. The second-order valence-corrected chi connectivity index (χ2v) is 7.70. The Kier molecular flexibility index (Phi) is 10.7. The van der Waals surface area contributed by atoms with Crippen LogP contribution in [0.2, 0.25) is 0 Å². The number of hydrogen-bond acceptors (Lipinski definition) is 3. The van der Waals surface area contributed by atoms with Gasteiger partial charge < -0.3 is 5.73 Å². The molecule has 0 fully saturated rings. The van der Waals surface area contributed by atoms with Gasteiger partial charge in [0, 0.05) is 18.1 Å². The number of hydrogen-bond donors (Lipinski definition) is 1. The van der Waals surface area contributed by atoms with Gasteiger partial charge in [0.05, 0.1) is 0 Å². The average molecular weight is 277 g/mol. The molecule has 1 unspecified atom stereocenters. The van der Waals surface area contributed by atoms with Crippen molar-refractivity contribution in [1.29, 1.82) is 0 Å². The van der Waals surface area contributed by atoms with Crippen molar-refractivity contribution >= 4 is 9.84 Å². The van der Waals surface area contributed by atoms with Crippen LogP contribution in [0.1, 0.15) is 71.1 Å². The van der Waals surface area contributed by atoms with E-state index in [4.69, 9.17) is 5.73 Å². The van der Waals surface area contributed by atoms with Crippen molar-refractivity contribution in [3.8, 4) is 0 Å². The van der Waals surface area contributed by atoms with Crippen LogP contribution in [0.15, 0.2) is 0 Å². The molecule has 0 heterocycles. The summed E-state index contributed by atoms with van der Waals surface area (Å²) in [4.78, 5) is 0. The molecule has 0 aliphatic rings. The number of unbranched alkanes of at least 4 members (excludes halogenated alkanes) is 6. The molecule has 110 valence electrons. The molecular formula is C14H31NO2S. The highest BCUT2D eigenvalue weighted by Gasteiger charge is 2.06. The second-order valence-electron chi connectivity index (χ2n) is 5.44. The normalized spacial score (nSPS) is 13.7. The zero-order valence-corrected chi connectivity index (χ0v) is 13.0. The maximum atomic E-state index is 11.0. The first kappa shape index (κ1) is 17.9. The summed E-state index contributed by atoms with van der Waals surface area (Å²) in [6.07, 6.45) is 13.0.